The van der Waals surface area contributed by atoms with Gasteiger partial charge in [-0.1, -0.05) is 0 Å². The zero-order valence-corrected chi connectivity index (χ0v) is 7.00. The van der Waals surface area contributed by atoms with Crippen LogP contribution in [0, 0.1) is 0 Å². The van der Waals surface area contributed by atoms with E-state index in [2.05, 4.69) is 15.9 Å². The molecule has 0 bridgehead atoms. The van der Waals surface area contributed by atoms with Crippen LogP contribution >= 0.6 is 15.9 Å². The average molecular weight is 217 g/mol. The van der Waals surface area contributed by atoms with Crippen molar-refractivity contribution in [3.05, 3.63) is 18.2 Å². The smallest absolute Gasteiger partial charge is 0.372 e. The number of phenolic OH excluding ortho intramolecular Hbond substituents is 1. The van der Waals surface area contributed by atoms with Crippen LogP contribution in [0.4, 0.5) is 4.79 Å². The Labute approximate surface area is 71.4 Å². The van der Waals surface area contributed by atoms with E-state index in [-0.39, 0.29) is 0 Å². The van der Waals surface area contributed by atoms with Gasteiger partial charge in [-0.05, 0) is 29.3 Å². The minimum Gasteiger partial charge on any atom is -0.508 e. The summed E-state index contributed by atoms with van der Waals surface area (Å²) in [7, 11) is 0. The van der Waals surface area contributed by atoms with E-state index in [1.165, 1.54) is 11.1 Å². The quantitative estimate of drug-likeness (QED) is 0.666. The highest BCUT2D eigenvalue weighted by atomic mass is 79.9. The predicted molar refractivity (Wildman–Crippen MR) is 44.1 cm³/mol. The molecule has 2 aliphatic rings. The second-order valence-corrected chi connectivity index (χ2v) is 2.70. The number of hydrogen-bond donors (Lipinski definition) is 2. The molecule has 0 spiro atoms. The van der Waals surface area contributed by atoms with Gasteiger partial charge < -0.3 is 10.2 Å². The summed E-state index contributed by atoms with van der Waals surface area (Å²) < 4.78 is 0. The van der Waals surface area contributed by atoms with E-state index in [1.807, 2.05) is 6.07 Å². The van der Waals surface area contributed by atoms with Crippen molar-refractivity contribution in [2.24, 2.45) is 0 Å². The van der Waals surface area contributed by atoms with E-state index >= 15 is 0 Å². The zero-order chi connectivity index (χ0) is 8.43. The molecule has 2 rings (SSSR count). The van der Waals surface area contributed by atoms with Gasteiger partial charge in [0.2, 0.25) is 0 Å². The molecule has 0 aliphatic heterocycles. The minimum atomic E-state index is -1.02. The molecule has 0 aromatic heterocycles. The highest BCUT2D eigenvalue weighted by Gasteiger charge is 2.12. The maximum Gasteiger partial charge on any atom is 0.372 e. The lowest BCUT2D eigenvalue weighted by Gasteiger charge is -1.71. The average Bonchev–Trinajstić information content (AvgIpc) is 2.38. The van der Waals surface area contributed by atoms with Gasteiger partial charge in [-0.25, -0.2) is 4.79 Å². The number of hydrogen-bond acceptors (Lipinski definition) is 2. The summed E-state index contributed by atoms with van der Waals surface area (Å²) in [6.45, 7) is 0. The Bertz CT molecular complexity index is 271. The molecule has 0 radical (unpaired) electrons. The minimum absolute atomic E-state index is 0.396. The fourth-order valence-electron chi connectivity index (χ4n) is 0.742. The summed E-state index contributed by atoms with van der Waals surface area (Å²) in [5.74, 6) is 0.396. The zero-order valence-electron chi connectivity index (χ0n) is 5.41. The summed E-state index contributed by atoms with van der Waals surface area (Å²) in [5, 5.41) is 16.0. The second kappa shape index (κ2) is 2.92. The highest BCUT2D eigenvalue weighted by Crippen LogP contribution is 2.38. The molecular formula is C7H5BrO3. The lowest BCUT2D eigenvalue weighted by atomic mass is 10.5. The molecule has 2 aliphatic carbocycles. The molecule has 11 heavy (non-hydrogen) atoms. The van der Waals surface area contributed by atoms with Gasteiger partial charge in [0, 0.05) is 15.9 Å². The number of benzene rings is 1. The van der Waals surface area contributed by atoms with E-state index < -0.39 is 4.88 Å². The molecule has 0 saturated heterocycles. The third kappa shape index (κ3) is 2.59. The number of halogens is 1. The third-order valence-electron chi connectivity index (χ3n) is 1.17. The molecule has 0 heterocycles. The first kappa shape index (κ1) is 8.07. The van der Waals surface area contributed by atoms with E-state index in [9.17, 15) is 0 Å². The van der Waals surface area contributed by atoms with Crippen LogP contribution in [0.15, 0.2) is 18.2 Å². The topological polar surface area (TPSA) is 57.5 Å². The van der Waals surface area contributed by atoms with E-state index in [4.69, 9.17) is 15.0 Å². The number of aromatic hydroxyl groups is 1. The lowest BCUT2D eigenvalue weighted by molar-refractivity contribution is 0.223. The second-order valence-electron chi connectivity index (χ2n) is 2.02. The molecular weight excluding hydrogens is 212 g/mol. The van der Waals surface area contributed by atoms with Gasteiger partial charge in [0.25, 0.3) is 0 Å². The van der Waals surface area contributed by atoms with Crippen LogP contribution in [-0.4, -0.2) is 15.1 Å². The van der Waals surface area contributed by atoms with Crippen LogP contribution in [0.2, 0.25) is 0 Å². The van der Waals surface area contributed by atoms with Gasteiger partial charge in [0.1, 0.15) is 5.75 Å². The number of fused-ring (bicyclic) bond motifs is 1. The number of phenols is 1. The monoisotopic (exact) mass is 216 g/mol. The van der Waals surface area contributed by atoms with Crippen molar-refractivity contribution < 1.29 is 15.0 Å². The van der Waals surface area contributed by atoms with Gasteiger partial charge in [0.05, 0.1) is 0 Å². The van der Waals surface area contributed by atoms with Crippen molar-refractivity contribution in [3.63, 3.8) is 0 Å². The van der Waals surface area contributed by atoms with Crippen molar-refractivity contribution >= 4 is 20.8 Å². The third-order valence-corrected chi connectivity index (χ3v) is 1.17. The Kier molecular flexibility index (Phi) is 2.14. The molecule has 2 N–H and O–H groups in total. The Hall–Kier alpha value is -1.03. The van der Waals surface area contributed by atoms with Crippen LogP contribution in [0.25, 0.3) is 11.1 Å². The van der Waals surface area contributed by atoms with Crippen LogP contribution < -0.4 is 0 Å². The van der Waals surface area contributed by atoms with Gasteiger partial charge in [-0.15, -0.1) is 0 Å². The molecule has 0 atom stereocenters. The fraction of sp³-hybridized carbons (Fsp3) is 0. The Morgan fingerprint density at radius 1 is 1.27 bits per heavy atom. The van der Waals surface area contributed by atoms with E-state index in [0.29, 0.717) is 5.75 Å². The standard InChI is InChI=1S/C6H4O.CHBrO2/c7-6-2-4-1-5(4)3-6;2-1(3)4/h1-3,7H;(H,3,4). The number of carboxylic acid groups (broad SMARTS) is 1. The molecule has 4 heteroatoms. The van der Waals surface area contributed by atoms with Crippen LogP contribution in [0.3, 0.4) is 0 Å². The van der Waals surface area contributed by atoms with Gasteiger partial charge in [0.15, 0.2) is 0 Å². The first-order chi connectivity index (χ1) is 5.09. The molecule has 0 aromatic carbocycles. The molecule has 0 aromatic rings. The summed E-state index contributed by atoms with van der Waals surface area (Å²) >= 11 is 2.19. The van der Waals surface area contributed by atoms with Gasteiger partial charge >= 0.3 is 4.88 Å². The van der Waals surface area contributed by atoms with Crippen LogP contribution in [0.5, 0.6) is 5.75 Å². The summed E-state index contributed by atoms with van der Waals surface area (Å²) in [4.78, 5) is 7.90. The fourth-order valence-corrected chi connectivity index (χ4v) is 0.742. The molecule has 0 amide bonds. The molecule has 58 valence electrons. The number of rotatable bonds is 0. The summed E-state index contributed by atoms with van der Waals surface area (Å²) in [6.07, 6.45) is 0. The van der Waals surface area contributed by atoms with Crippen molar-refractivity contribution in [2.45, 2.75) is 0 Å². The predicted octanol–water partition coefficient (Wildman–Crippen LogP) is 2.43. The SMILES string of the molecule is O=C(O)Br.Oc1cc2cc-2c1. The first-order valence-electron chi connectivity index (χ1n) is 2.82. The van der Waals surface area contributed by atoms with Gasteiger partial charge in [-0.2, -0.15) is 0 Å². The maximum atomic E-state index is 8.92. The van der Waals surface area contributed by atoms with Crippen molar-refractivity contribution in [1.82, 2.24) is 0 Å². The van der Waals surface area contributed by atoms with E-state index in [0.717, 1.165) is 0 Å². The lowest BCUT2D eigenvalue weighted by Crippen LogP contribution is -1.65. The Morgan fingerprint density at radius 3 is 1.82 bits per heavy atom. The highest BCUT2D eigenvalue weighted by molar-refractivity contribution is 9.18. The normalized spacial score (nSPS) is 9.55. The summed E-state index contributed by atoms with van der Waals surface area (Å²) in [6, 6.07) is 5.55. The van der Waals surface area contributed by atoms with Crippen LogP contribution in [0.1, 0.15) is 0 Å². The van der Waals surface area contributed by atoms with Crippen molar-refractivity contribution in [1.29, 1.82) is 0 Å². The molecule has 0 saturated carbocycles. The van der Waals surface area contributed by atoms with Crippen molar-refractivity contribution in [2.75, 3.05) is 0 Å². The Morgan fingerprint density at radius 2 is 1.64 bits per heavy atom. The van der Waals surface area contributed by atoms with Crippen LogP contribution in [-0.2, 0) is 0 Å². The van der Waals surface area contributed by atoms with Gasteiger partial charge in [-0.3, -0.25) is 0 Å². The maximum absolute atomic E-state index is 8.92. The molecule has 0 fully saturated rings. The van der Waals surface area contributed by atoms with E-state index in [1.54, 1.807) is 12.1 Å². The summed E-state index contributed by atoms with van der Waals surface area (Å²) in [5.41, 5.74) is 2.38. The largest absolute Gasteiger partial charge is 0.508 e. The molecule has 0 unspecified atom stereocenters. The first-order valence-corrected chi connectivity index (χ1v) is 3.62. The molecule has 3 nitrogen and oxygen atoms in total. The Balaban J connectivity index is 0.000000134. The van der Waals surface area contributed by atoms with Crippen molar-refractivity contribution in [3.8, 4) is 16.9 Å². The number of carbonyl (C=O) groups is 1.